The van der Waals surface area contributed by atoms with Gasteiger partial charge in [0.05, 0.1) is 24.7 Å². The van der Waals surface area contributed by atoms with E-state index in [1.54, 1.807) is 10.9 Å². The summed E-state index contributed by atoms with van der Waals surface area (Å²) >= 11 is 0. The minimum absolute atomic E-state index is 0.0744. The molecule has 1 heterocycles. The quantitative estimate of drug-likeness (QED) is 0.779. The summed E-state index contributed by atoms with van der Waals surface area (Å²) < 4.78 is 1.72. The Balaban J connectivity index is 2.04. The van der Waals surface area contributed by atoms with Crippen molar-refractivity contribution in [2.75, 3.05) is 0 Å². The smallest absolute Gasteiger partial charge is 0.305 e. The third-order valence-corrected chi connectivity index (χ3v) is 4.27. The summed E-state index contributed by atoms with van der Waals surface area (Å²) in [6.07, 6.45) is 4.72. The Kier molecular flexibility index (Phi) is 5.73. The number of hydrogen-bond acceptors (Lipinski definition) is 3. The normalized spacial score (nSPS) is 11.2. The van der Waals surface area contributed by atoms with E-state index >= 15 is 0 Å². The summed E-state index contributed by atoms with van der Waals surface area (Å²) in [5.74, 6) is -1.09. The standard InChI is InChI=1S/C18H23N3O3/c1-3-18(4-2,11-17(23)24)20-16(22)10-14-12-19-21(13-14)15-8-6-5-7-9-15/h5-9,12-13H,3-4,10-11H2,1-2H3,(H,20,22)(H,23,24). The minimum Gasteiger partial charge on any atom is -0.481 e. The minimum atomic E-state index is -0.907. The Morgan fingerprint density at radius 2 is 1.88 bits per heavy atom. The molecule has 6 heteroatoms. The van der Waals surface area contributed by atoms with Crippen LogP contribution in [-0.4, -0.2) is 32.3 Å². The first-order chi connectivity index (χ1) is 11.5. The molecule has 0 aliphatic heterocycles. The molecule has 0 saturated heterocycles. The predicted octanol–water partition coefficient (Wildman–Crippen LogP) is 2.56. The zero-order valence-corrected chi connectivity index (χ0v) is 14.0. The van der Waals surface area contributed by atoms with Gasteiger partial charge in [0.25, 0.3) is 0 Å². The maximum Gasteiger partial charge on any atom is 0.305 e. The first-order valence-electron chi connectivity index (χ1n) is 8.10. The van der Waals surface area contributed by atoms with Crippen molar-refractivity contribution in [1.29, 1.82) is 0 Å². The maximum absolute atomic E-state index is 12.3. The van der Waals surface area contributed by atoms with Crippen LogP contribution in [0.5, 0.6) is 0 Å². The number of carboxylic acids is 1. The Morgan fingerprint density at radius 3 is 2.46 bits per heavy atom. The van der Waals surface area contributed by atoms with E-state index < -0.39 is 11.5 Å². The van der Waals surface area contributed by atoms with Crippen LogP contribution >= 0.6 is 0 Å². The molecule has 1 amide bonds. The van der Waals surface area contributed by atoms with Crippen molar-refractivity contribution < 1.29 is 14.7 Å². The van der Waals surface area contributed by atoms with Crippen LogP contribution in [0.1, 0.15) is 38.7 Å². The summed E-state index contributed by atoms with van der Waals surface area (Å²) in [4.78, 5) is 23.4. The number of carbonyl (C=O) groups excluding carboxylic acids is 1. The molecule has 0 atom stereocenters. The van der Waals surface area contributed by atoms with Crippen LogP contribution in [0.4, 0.5) is 0 Å². The zero-order valence-electron chi connectivity index (χ0n) is 14.0. The molecule has 0 radical (unpaired) electrons. The molecular weight excluding hydrogens is 306 g/mol. The number of aromatic nitrogens is 2. The highest BCUT2D eigenvalue weighted by Gasteiger charge is 2.30. The average molecular weight is 329 g/mol. The van der Waals surface area contributed by atoms with Gasteiger partial charge >= 0.3 is 5.97 Å². The van der Waals surface area contributed by atoms with Crippen molar-refractivity contribution in [3.8, 4) is 5.69 Å². The summed E-state index contributed by atoms with van der Waals surface area (Å²) in [5.41, 5.74) is 1.01. The van der Waals surface area contributed by atoms with E-state index in [0.29, 0.717) is 12.8 Å². The second-order valence-electron chi connectivity index (χ2n) is 5.91. The van der Waals surface area contributed by atoms with Gasteiger partial charge in [-0.15, -0.1) is 0 Å². The molecule has 0 spiro atoms. The van der Waals surface area contributed by atoms with Gasteiger partial charge in [-0.25, -0.2) is 4.68 Å². The molecule has 6 nitrogen and oxygen atoms in total. The van der Waals surface area contributed by atoms with Crippen molar-refractivity contribution in [3.05, 3.63) is 48.3 Å². The van der Waals surface area contributed by atoms with Gasteiger partial charge in [-0.2, -0.15) is 5.10 Å². The lowest BCUT2D eigenvalue weighted by molar-refractivity contribution is -0.139. The first kappa shape index (κ1) is 17.7. The van der Waals surface area contributed by atoms with E-state index in [9.17, 15) is 9.59 Å². The highest BCUT2D eigenvalue weighted by molar-refractivity contribution is 5.80. The third kappa shape index (κ3) is 4.44. The van der Waals surface area contributed by atoms with Gasteiger partial charge in [0.1, 0.15) is 0 Å². The van der Waals surface area contributed by atoms with Gasteiger partial charge in [0, 0.05) is 11.7 Å². The molecule has 128 valence electrons. The van der Waals surface area contributed by atoms with Crippen LogP contribution < -0.4 is 5.32 Å². The third-order valence-electron chi connectivity index (χ3n) is 4.27. The molecule has 2 N–H and O–H groups in total. The van der Waals surface area contributed by atoms with E-state index in [-0.39, 0.29) is 18.7 Å². The molecule has 0 unspecified atom stereocenters. The van der Waals surface area contributed by atoms with E-state index in [0.717, 1.165) is 11.3 Å². The van der Waals surface area contributed by atoms with Crippen LogP contribution in [0, 0.1) is 0 Å². The van der Waals surface area contributed by atoms with Crippen molar-refractivity contribution >= 4 is 11.9 Å². The second kappa shape index (κ2) is 7.77. The molecule has 2 rings (SSSR count). The topological polar surface area (TPSA) is 84.2 Å². The summed E-state index contributed by atoms with van der Waals surface area (Å²) in [6.45, 7) is 3.78. The van der Waals surface area contributed by atoms with E-state index in [1.807, 2.05) is 50.4 Å². The fourth-order valence-corrected chi connectivity index (χ4v) is 2.71. The van der Waals surface area contributed by atoms with E-state index in [2.05, 4.69) is 10.4 Å². The van der Waals surface area contributed by atoms with Gasteiger partial charge in [-0.3, -0.25) is 9.59 Å². The van der Waals surface area contributed by atoms with Crippen LogP contribution in [0.2, 0.25) is 0 Å². The number of amides is 1. The molecule has 2 aromatic rings. The molecule has 0 bridgehead atoms. The lowest BCUT2D eigenvalue weighted by atomic mass is 9.88. The summed E-state index contributed by atoms with van der Waals surface area (Å²) in [5, 5.41) is 16.2. The Labute approximate surface area is 141 Å². The first-order valence-corrected chi connectivity index (χ1v) is 8.10. The zero-order chi connectivity index (χ0) is 17.6. The Morgan fingerprint density at radius 1 is 1.21 bits per heavy atom. The van der Waals surface area contributed by atoms with E-state index in [1.165, 1.54) is 0 Å². The number of rotatable bonds is 8. The molecule has 0 fully saturated rings. The summed E-state index contributed by atoms with van der Waals surface area (Å²) in [6, 6.07) is 9.64. The molecule has 0 aliphatic carbocycles. The van der Waals surface area contributed by atoms with Gasteiger partial charge in [-0.1, -0.05) is 32.0 Å². The van der Waals surface area contributed by atoms with Crippen molar-refractivity contribution in [3.63, 3.8) is 0 Å². The number of hydrogen-bond donors (Lipinski definition) is 2. The van der Waals surface area contributed by atoms with Crippen molar-refractivity contribution in [1.82, 2.24) is 15.1 Å². The number of nitrogens with zero attached hydrogens (tertiary/aromatic N) is 2. The highest BCUT2D eigenvalue weighted by Crippen LogP contribution is 2.20. The maximum atomic E-state index is 12.3. The van der Waals surface area contributed by atoms with Crippen LogP contribution in [0.25, 0.3) is 5.69 Å². The van der Waals surface area contributed by atoms with Gasteiger partial charge < -0.3 is 10.4 Å². The number of para-hydroxylation sites is 1. The van der Waals surface area contributed by atoms with Crippen LogP contribution in [-0.2, 0) is 16.0 Å². The van der Waals surface area contributed by atoms with Gasteiger partial charge in [0.15, 0.2) is 0 Å². The molecule has 24 heavy (non-hydrogen) atoms. The Bertz CT molecular complexity index is 691. The fourth-order valence-electron chi connectivity index (χ4n) is 2.71. The largest absolute Gasteiger partial charge is 0.481 e. The summed E-state index contributed by atoms with van der Waals surface area (Å²) in [7, 11) is 0. The lowest BCUT2D eigenvalue weighted by Gasteiger charge is -2.31. The van der Waals surface area contributed by atoms with Crippen LogP contribution in [0.15, 0.2) is 42.7 Å². The lowest BCUT2D eigenvalue weighted by Crippen LogP contribution is -2.49. The number of carbonyl (C=O) groups is 2. The predicted molar refractivity (Wildman–Crippen MR) is 91.0 cm³/mol. The number of benzene rings is 1. The molecule has 0 aliphatic rings. The average Bonchev–Trinajstić information content (AvgIpc) is 3.02. The number of carboxylic acid groups (broad SMARTS) is 1. The second-order valence-corrected chi connectivity index (χ2v) is 5.91. The molecule has 0 saturated carbocycles. The highest BCUT2D eigenvalue weighted by atomic mass is 16.4. The molecule has 1 aromatic carbocycles. The fraction of sp³-hybridized carbons (Fsp3) is 0.389. The monoisotopic (exact) mass is 329 g/mol. The van der Waals surface area contributed by atoms with Gasteiger partial charge in [0.2, 0.25) is 5.91 Å². The van der Waals surface area contributed by atoms with Crippen molar-refractivity contribution in [2.24, 2.45) is 0 Å². The molecule has 1 aromatic heterocycles. The SMILES string of the molecule is CCC(CC)(CC(=O)O)NC(=O)Cc1cnn(-c2ccccc2)c1. The molecular formula is C18H23N3O3. The van der Waals surface area contributed by atoms with Crippen LogP contribution in [0.3, 0.4) is 0 Å². The number of aliphatic carboxylic acids is 1. The number of nitrogens with one attached hydrogen (secondary N) is 1. The van der Waals surface area contributed by atoms with E-state index in [4.69, 9.17) is 5.11 Å². The van der Waals surface area contributed by atoms with Crippen molar-refractivity contribution in [2.45, 2.75) is 45.1 Å². The Hall–Kier alpha value is -2.63. The van der Waals surface area contributed by atoms with Gasteiger partial charge in [-0.05, 0) is 30.5 Å².